The van der Waals surface area contributed by atoms with Gasteiger partial charge in [-0.3, -0.25) is 9.59 Å². The Morgan fingerprint density at radius 3 is 2.55 bits per heavy atom. The number of aryl methyl sites for hydroxylation is 1. The Labute approximate surface area is 122 Å². The summed E-state index contributed by atoms with van der Waals surface area (Å²) >= 11 is 1.38. The molecule has 1 aromatic rings. The van der Waals surface area contributed by atoms with Gasteiger partial charge in [-0.2, -0.15) is 0 Å². The molecule has 0 unspecified atom stereocenters. The molecule has 0 bridgehead atoms. The summed E-state index contributed by atoms with van der Waals surface area (Å²) < 4.78 is 0. The molecular formula is C15H20N2O2S. The maximum atomic E-state index is 12.3. The number of carbonyl (C=O) groups excluding carboxylic acids is 2. The fourth-order valence-corrected chi connectivity index (χ4v) is 3.64. The van der Waals surface area contributed by atoms with Crippen LogP contribution < -0.4 is 10.6 Å². The van der Waals surface area contributed by atoms with Crippen molar-refractivity contribution < 1.29 is 9.59 Å². The third kappa shape index (κ3) is 3.03. The van der Waals surface area contributed by atoms with E-state index in [-0.39, 0.29) is 17.7 Å². The number of anilines is 1. The first-order valence-corrected chi connectivity index (χ1v) is 8.17. The molecule has 3 rings (SSSR count). The zero-order valence-corrected chi connectivity index (χ0v) is 12.5. The molecule has 2 fully saturated rings. The van der Waals surface area contributed by atoms with Crippen LogP contribution in [0.25, 0.3) is 0 Å². The maximum Gasteiger partial charge on any atom is 0.261 e. The minimum absolute atomic E-state index is 0.00585. The summed E-state index contributed by atoms with van der Waals surface area (Å²) in [6, 6.07) is 2.22. The molecule has 0 aliphatic heterocycles. The SMILES string of the molecule is Cc1cc(NC(=O)C2CC2)sc1C(=O)NC1CCCC1. The first kappa shape index (κ1) is 13.6. The van der Waals surface area contributed by atoms with Crippen LogP contribution in [-0.2, 0) is 4.79 Å². The second-order valence-electron chi connectivity index (χ2n) is 5.84. The molecule has 0 aromatic carbocycles. The Balaban J connectivity index is 1.64. The Hall–Kier alpha value is -1.36. The molecular weight excluding hydrogens is 272 g/mol. The number of rotatable bonds is 4. The van der Waals surface area contributed by atoms with E-state index in [0.717, 1.165) is 41.1 Å². The van der Waals surface area contributed by atoms with E-state index in [1.165, 1.54) is 24.2 Å². The molecule has 0 atom stereocenters. The van der Waals surface area contributed by atoms with Gasteiger partial charge in [0.1, 0.15) is 0 Å². The van der Waals surface area contributed by atoms with E-state index in [1.54, 1.807) is 0 Å². The predicted octanol–water partition coefficient (Wildman–Crippen LogP) is 3.08. The van der Waals surface area contributed by atoms with Crippen molar-refractivity contribution in [1.29, 1.82) is 0 Å². The predicted molar refractivity (Wildman–Crippen MR) is 80.1 cm³/mol. The smallest absolute Gasteiger partial charge is 0.261 e. The van der Waals surface area contributed by atoms with Crippen molar-refractivity contribution in [2.24, 2.45) is 5.92 Å². The summed E-state index contributed by atoms with van der Waals surface area (Å²) in [5, 5.41) is 6.80. The lowest BCUT2D eigenvalue weighted by molar-refractivity contribution is -0.117. The number of hydrogen-bond acceptors (Lipinski definition) is 3. The Kier molecular flexibility index (Phi) is 3.78. The van der Waals surface area contributed by atoms with E-state index >= 15 is 0 Å². The van der Waals surface area contributed by atoms with Crippen molar-refractivity contribution in [3.8, 4) is 0 Å². The molecule has 0 saturated heterocycles. The molecule has 2 aliphatic rings. The second kappa shape index (κ2) is 5.56. The zero-order chi connectivity index (χ0) is 14.1. The average molecular weight is 292 g/mol. The molecule has 2 N–H and O–H groups in total. The molecule has 2 amide bonds. The molecule has 108 valence electrons. The van der Waals surface area contributed by atoms with Crippen molar-refractivity contribution in [2.75, 3.05) is 5.32 Å². The third-order valence-corrected chi connectivity index (χ3v) is 5.16. The summed E-state index contributed by atoms with van der Waals surface area (Å²) in [4.78, 5) is 24.7. The van der Waals surface area contributed by atoms with Gasteiger partial charge >= 0.3 is 0 Å². The molecule has 2 saturated carbocycles. The normalized spacial score (nSPS) is 19.1. The van der Waals surface area contributed by atoms with Crippen LogP contribution in [-0.4, -0.2) is 17.9 Å². The summed E-state index contributed by atoms with van der Waals surface area (Å²) in [6.45, 7) is 1.92. The highest BCUT2D eigenvalue weighted by Gasteiger charge is 2.30. The number of nitrogens with one attached hydrogen (secondary N) is 2. The molecule has 4 nitrogen and oxygen atoms in total. The molecule has 5 heteroatoms. The second-order valence-corrected chi connectivity index (χ2v) is 6.89. The van der Waals surface area contributed by atoms with Crippen molar-refractivity contribution in [3.05, 3.63) is 16.5 Å². The van der Waals surface area contributed by atoms with Crippen LogP contribution in [0.3, 0.4) is 0 Å². The standard InChI is InChI=1S/C15H20N2O2S/c1-9-8-12(17-14(18)10-6-7-10)20-13(9)15(19)16-11-4-2-3-5-11/h8,10-11H,2-7H2,1H3,(H,16,19)(H,17,18). The maximum absolute atomic E-state index is 12.3. The minimum Gasteiger partial charge on any atom is -0.349 e. The minimum atomic E-state index is 0.00585. The van der Waals surface area contributed by atoms with Crippen LogP contribution in [0.1, 0.15) is 53.8 Å². The topological polar surface area (TPSA) is 58.2 Å². The van der Waals surface area contributed by atoms with Gasteiger partial charge in [0.2, 0.25) is 5.91 Å². The average Bonchev–Trinajstić information content (AvgIpc) is 3.03. The van der Waals surface area contributed by atoms with Gasteiger partial charge in [0.25, 0.3) is 5.91 Å². The monoisotopic (exact) mass is 292 g/mol. The van der Waals surface area contributed by atoms with Gasteiger partial charge < -0.3 is 10.6 Å². The van der Waals surface area contributed by atoms with Crippen LogP contribution in [0.2, 0.25) is 0 Å². The van der Waals surface area contributed by atoms with Gasteiger partial charge in [0.05, 0.1) is 9.88 Å². The van der Waals surface area contributed by atoms with Crippen LogP contribution in [0, 0.1) is 12.8 Å². The van der Waals surface area contributed by atoms with Crippen LogP contribution in [0.15, 0.2) is 6.07 Å². The van der Waals surface area contributed by atoms with Crippen molar-refractivity contribution in [2.45, 2.75) is 51.5 Å². The largest absolute Gasteiger partial charge is 0.349 e. The van der Waals surface area contributed by atoms with Gasteiger partial charge in [-0.1, -0.05) is 12.8 Å². The quantitative estimate of drug-likeness (QED) is 0.896. The highest BCUT2D eigenvalue weighted by atomic mass is 32.1. The van der Waals surface area contributed by atoms with Gasteiger partial charge in [0, 0.05) is 12.0 Å². The highest BCUT2D eigenvalue weighted by Crippen LogP contribution is 2.33. The number of carbonyl (C=O) groups is 2. The Morgan fingerprint density at radius 2 is 1.90 bits per heavy atom. The lowest BCUT2D eigenvalue weighted by atomic mass is 10.2. The van der Waals surface area contributed by atoms with Gasteiger partial charge in [-0.05, 0) is 44.2 Å². The number of hydrogen-bond donors (Lipinski definition) is 2. The molecule has 0 radical (unpaired) electrons. The van der Waals surface area contributed by atoms with E-state index in [2.05, 4.69) is 10.6 Å². The van der Waals surface area contributed by atoms with Crippen LogP contribution in [0.4, 0.5) is 5.00 Å². The van der Waals surface area contributed by atoms with Crippen molar-refractivity contribution in [3.63, 3.8) is 0 Å². The van der Waals surface area contributed by atoms with E-state index < -0.39 is 0 Å². The van der Waals surface area contributed by atoms with Crippen molar-refractivity contribution >= 4 is 28.2 Å². The van der Waals surface area contributed by atoms with E-state index in [4.69, 9.17) is 0 Å². The Morgan fingerprint density at radius 1 is 1.20 bits per heavy atom. The van der Waals surface area contributed by atoms with Gasteiger partial charge in [-0.15, -0.1) is 11.3 Å². The lowest BCUT2D eigenvalue weighted by Crippen LogP contribution is -2.32. The lowest BCUT2D eigenvalue weighted by Gasteiger charge is -2.11. The third-order valence-electron chi connectivity index (χ3n) is 4.01. The summed E-state index contributed by atoms with van der Waals surface area (Å²) in [7, 11) is 0. The van der Waals surface area contributed by atoms with Crippen molar-refractivity contribution in [1.82, 2.24) is 5.32 Å². The first-order valence-electron chi connectivity index (χ1n) is 7.35. The molecule has 0 spiro atoms. The fourth-order valence-electron chi connectivity index (χ4n) is 2.66. The van der Waals surface area contributed by atoms with Gasteiger partial charge in [0.15, 0.2) is 0 Å². The van der Waals surface area contributed by atoms with E-state index in [9.17, 15) is 9.59 Å². The summed E-state index contributed by atoms with van der Waals surface area (Å²) in [5.74, 6) is 0.286. The summed E-state index contributed by atoms with van der Waals surface area (Å²) in [5.41, 5.74) is 0.941. The van der Waals surface area contributed by atoms with Gasteiger partial charge in [-0.25, -0.2) is 0 Å². The van der Waals surface area contributed by atoms with Crippen LogP contribution >= 0.6 is 11.3 Å². The molecule has 20 heavy (non-hydrogen) atoms. The van der Waals surface area contributed by atoms with Crippen LogP contribution in [0.5, 0.6) is 0 Å². The molecule has 2 aliphatic carbocycles. The fraction of sp³-hybridized carbons (Fsp3) is 0.600. The summed E-state index contributed by atoms with van der Waals surface area (Å²) in [6.07, 6.45) is 6.56. The highest BCUT2D eigenvalue weighted by molar-refractivity contribution is 7.18. The van der Waals surface area contributed by atoms with E-state index in [0.29, 0.717) is 6.04 Å². The number of thiophene rings is 1. The van der Waals surface area contributed by atoms with E-state index in [1.807, 2.05) is 13.0 Å². The Bertz CT molecular complexity index is 528. The number of amides is 2. The zero-order valence-electron chi connectivity index (χ0n) is 11.7. The molecule has 1 heterocycles. The molecule has 1 aromatic heterocycles. The first-order chi connectivity index (χ1) is 9.63.